The molecule has 0 aliphatic carbocycles. The molecule has 0 amide bonds. The van der Waals surface area contributed by atoms with E-state index in [1.54, 1.807) is 0 Å². The summed E-state index contributed by atoms with van der Waals surface area (Å²) >= 11 is 0. The lowest BCUT2D eigenvalue weighted by Crippen LogP contribution is -2.31. The molecule has 0 radical (unpaired) electrons. The van der Waals surface area contributed by atoms with E-state index in [1.807, 2.05) is 0 Å². The highest BCUT2D eigenvalue weighted by atomic mass is 15.1. The Kier molecular flexibility index (Phi) is 5.40. The van der Waals surface area contributed by atoms with Crippen molar-refractivity contribution in [1.29, 1.82) is 0 Å². The van der Waals surface area contributed by atoms with Crippen molar-refractivity contribution in [3.05, 3.63) is 0 Å². The molecule has 2 nitrogen and oxygen atoms in total. The van der Waals surface area contributed by atoms with Gasteiger partial charge >= 0.3 is 0 Å². The van der Waals surface area contributed by atoms with Crippen LogP contribution in [0.3, 0.4) is 0 Å². The fourth-order valence-electron chi connectivity index (χ4n) is 2.16. The third-order valence-corrected chi connectivity index (χ3v) is 2.76. The van der Waals surface area contributed by atoms with Gasteiger partial charge in [0, 0.05) is 6.54 Å². The molecule has 0 spiro atoms. The number of rotatable bonds is 6. The van der Waals surface area contributed by atoms with E-state index >= 15 is 0 Å². The summed E-state index contributed by atoms with van der Waals surface area (Å²) in [5.74, 6) is 0.915. The fraction of sp³-hybridized carbons (Fsp3) is 1.00. The van der Waals surface area contributed by atoms with Crippen LogP contribution in [0.1, 0.15) is 33.1 Å². The lowest BCUT2D eigenvalue weighted by Gasteiger charge is -2.23. The Balaban J connectivity index is 2.19. The van der Waals surface area contributed by atoms with Gasteiger partial charge in [-0.1, -0.05) is 13.8 Å². The summed E-state index contributed by atoms with van der Waals surface area (Å²) in [6, 6.07) is 0. The van der Waals surface area contributed by atoms with Crippen molar-refractivity contribution < 1.29 is 0 Å². The number of hydrogen-bond acceptors (Lipinski definition) is 2. The van der Waals surface area contributed by atoms with Gasteiger partial charge in [-0.2, -0.15) is 0 Å². The van der Waals surface area contributed by atoms with E-state index in [4.69, 9.17) is 0 Å². The summed E-state index contributed by atoms with van der Waals surface area (Å²) in [5, 5.41) is 3.44. The summed E-state index contributed by atoms with van der Waals surface area (Å²) in [7, 11) is 0. The predicted octanol–water partition coefficient (Wildman–Crippen LogP) is 1.72. The zero-order valence-corrected chi connectivity index (χ0v) is 9.18. The SMILES string of the molecule is CCCN(CCC)C[C@H]1CCNC1. The summed E-state index contributed by atoms with van der Waals surface area (Å²) in [6.07, 6.45) is 3.96. The Labute approximate surface area is 82.7 Å². The molecular weight excluding hydrogens is 160 g/mol. The van der Waals surface area contributed by atoms with Gasteiger partial charge in [-0.3, -0.25) is 0 Å². The number of nitrogens with one attached hydrogen (secondary N) is 1. The first kappa shape index (κ1) is 11.0. The molecule has 0 unspecified atom stereocenters. The highest BCUT2D eigenvalue weighted by Crippen LogP contribution is 2.10. The maximum Gasteiger partial charge on any atom is 0.00223 e. The Hall–Kier alpha value is -0.0800. The molecule has 0 aromatic rings. The summed E-state index contributed by atoms with van der Waals surface area (Å²) in [6.45, 7) is 10.9. The zero-order chi connectivity index (χ0) is 9.52. The first-order valence-electron chi connectivity index (χ1n) is 5.79. The van der Waals surface area contributed by atoms with Crippen LogP contribution in [0.5, 0.6) is 0 Å². The molecule has 0 aromatic carbocycles. The van der Waals surface area contributed by atoms with Crippen molar-refractivity contribution in [2.24, 2.45) is 5.92 Å². The molecule has 1 atom stereocenters. The normalized spacial score (nSPS) is 22.8. The minimum atomic E-state index is 0.915. The van der Waals surface area contributed by atoms with Crippen LogP contribution in [0.15, 0.2) is 0 Å². The smallest absolute Gasteiger partial charge is 0.00223 e. The second-order valence-electron chi connectivity index (χ2n) is 4.16. The van der Waals surface area contributed by atoms with Gasteiger partial charge in [0.2, 0.25) is 0 Å². The fourth-order valence-corrected chi connectivity index (χ4v) is 2.16. The molecule has 1 fully saturated rings. The molecule has 2 heteroatoms. The maximum atomic E-state index is 3.44. The van der Waals surface area contributed by atoms with Crippen molar-refractivity contribution in [3.63, 3.8) is 0 Å². The standard InChI is InChI=1S/C11H24N2/c1-3-7-13(8-4-2)10-11-5-6-12-9-11/h11-12H,3-10H2,1-2H3/t11-/m0/s1. The van der Waals surface area contributed by atoms with Crippen LogP contribution in [0.25, 0.3) is 0 Å². The van der Waals surface area contributed by atoms with E-state index in [1.165, 1.54) is 52.0 Å². The van der Waals surface area contributed by atoms with Crippen molar-refractivity contribution in [3.8, 4) is 0 Å². The molecule has 1 aliphatic heterocycles. The average Bonchev–Trinajstić information content (AvgIpc) is 2.58. The largest absolute Gasteiger partial charge is 0.316 e. The van der Waals surface area contributed by atoms with Gasteiger partial charge in [0.15, 0.2) is 0 Å². The molecule has 0 aromatic heterocycles. The monoisotopic (exact) mass is 184 g/mol. The number of nitrogens with zero attached hydrogens (tertiary/aromatic N) is 1. The van der Waals surface area contributed by atoms with E-state index in [0.717, 1.165) is 5.92 Å². The maximum absolute atomic E-state index is 3.44. The third-order valence-electron chi connectivity index (χ3n) is 2.76. The molecule has 78 valence electrons. The van der Waals surface area contributed by atoms with E-state index in [-0.39, 0.29) is 0 Å². The molecule has 0 bridgehead atoms. The van der Waals surface area contributed by atoms with Crippen molar-refractivity contribution in [1.82, 2.24) is 10.2 Å². The van der Waals surface area contributed by atoms with Crippen molar-refractivity contribution in [2.75, 3.05) is 32.7 Å². The zero-order valence-electron chi connectivity index (χ0n) is 9.18. The molecule has 1 aliphatic rings. The van der Waals surface area contributed by atoms with Crippen LogP contribution in [0.4, 0.5) is 0 Å². The van der Waals surface area contributed by atoms with Gasteiger partial charge in [0.1, 0.15) is 0 Å². The van der Waals surface area contributed by atoms with Gasteiger partial charge < -0.3 is 10.2 Å². The average molecular weight is 184 g/mol. The Morgan fingerprint density at radius 1 is 1.23 bits per heavy atom. The highest BCUT2D eigenvalue weighted by Gasteiger charge is 2.16. The minimum absolute atomic E-state index is 0.915. The minimum Gasteiger partial charge on any atom is -0.316 e. The van der Waals surface area contributed by atoms with Crippen LogP contribution in [0.2, 0.25) is 0 Å². The molecular formula is C11H24N2. The third kappa shape index (κ3) is 4.10. The number of hydrogen-bond donors (Lipinski definition) is 1. The second-order valence-corrected chi connectivity index (χ2v) is 4.16. The lowest BCUT2D eigenvalue weighted by molar-refractivity contribution is 0.238. The molecule has 13 heavy (non-hydrogen) atoms. The van der Waals surface area contributed by atoms with E-state index < -0.39 is 0 Å². The Morgan fingerprint density at radius 2 is 1.92 bits per heavy atom. The van der Waals surface area contributed by atoms with Crippen molar-refractivity contribution >= 4 is 0 Å². The van der Waals surface area contributed by atoms with E-state index in [2.05, 4.69) is 24.1 Å². The van der Waals surface area contributed by atoms with Crippen LogP contribution in [-0.4, -0.2) is 37.6 Å². The van der Waals surface area contributed by atoms with Crippen LogP contribution in [0, 0.1) is 5.92 Å². The Bertz CT molecular complexity index is 113. The van der Waals surface area contributed by atoms with Gasteiger partial charge in [0.05, 0.1) is 0 Å². The molecule has 1 rings (SSSR count). The van der Waals surface area contributed by atoms with Gasteiger partial charge in [-0.25, -0.2) is 0 Å². The molecule has 1 N–H and O–H groups in total. The topological polar surface area (TPSA) is 15.3 Å². The van der Waals surface area contributed by atoms with Crippen LogP contribution in [-0.2, 0) is 0 Å². The quantitative estimate of drug-likeness (QED) is 0.676. The predicted molar refractivity (Wildman–Crippen MR) is 58.0 cm³/mol. The van der Waals surface area contributed by atoms with Gasteiger partial charge in [-0.15, -0.1) is 0 Å². The molecule has 1 saturated heterocycles. The first-order chi connectivity index (χ1) is 6.36. The summed E-state index contributed by atoms with van der Waals surface area (Å²) in [5.41, 5.74) is 0. The second kappa shape index (κ2) is 6.39. The Morgan fingerprint density at radius 3 is 2.38 bits per heavy atom. The molecule has 1 heterocycles. The highest BCUT2D eigenvalue weighted by molar-refractivity contribution is 4.74. The van der Waals surface area contributed by atoms with Crippen LogP contribution >= 0.6 is 0 Å². The lowest BCUT2D eigenvalue weighted by atomic mass is 10.1. The van der Waals surface area contributed by atoms with E-state index in [0.29, 0.717) is 0 Å². The van der Waals surface area contributed by atoms with Crippen LogP contribution < -0.4 is 5.32 Å². The molecule has 0 saturated carbocycles. The van der Waals surface area contributed by atoms with Crippen molar-refractivity contribution in [2.45, 2.75) is 33.1 Å². The van der Waals surface area contributed by atoms with Gasteiger partial charge in [0.25, 0.3) is 0 Å². The summed E-state index contributed by atoms with van der Waals surface area (Å²) < 4.78 is 0. The van der Waals surface area contributed by atoms with E-state index in [9.17, 15) is 0 Å². The first-order valence-corrected chi connectivity index (χ1v) is 5.79. The summed E-state index contributed by atoms with van der Waals surface area (Å²) in [4.78, 5) is 2.62. The van der Waals surface area contributed by atoms with Gasteiger partial charge in [-0.05, 0) is 51.4 Å².